The van der Waals surface area contributed by atoms with Gasteiger partial charge in [0.05, 0.1) is 5.57 Å². The number of amides is 2. The predicted molar refractivity (Wildman–Crippen MR) is 81.1 cm³/mol. The van der Waals surface area contributed by atoms with Crippen LogP contribution in [0.5, 0.6) is 0 Å². The average molecular weight is 302 g/mol. The molecule has 4 nitrogen and oxygen atoms in total. The van der Waals surface area contributed by atoms with E-state index in [4.69, 9.17) is 0 Å². The van der Waals surface area contributed by atoms with Crippen LogP contribution < -0.4 is 0 Å². The first kappa shape index (κ1) is 14.8. The Bertz CT molecular complexity index is 631. The highest BCUT2D eigenvalue weighted by Crippen LogP contribution is 2.32. The lowest BCUT2D eigenvalue weighted by atomic mass is 10.0. The first-order valence-corrected chi connectivity index (χ1v) is 7.75. The summed E-state index contributed by atoms with van der Waals surface area (Å²) in [7, 11) is 0. The minimum atomic E-state index is -0.354. The van der Waals surface area contributed by atoms with Crippen molar-refractivity contribution < 1.29 is 14.0 Å². The van der Waals surface area contributed by atoms with Gasteiger partial charge >= 0.3 is 0 Å². The van der Waals surface area contributed by atoms with Gasteiger partial charge in [-0.3, -0.25) is 14.5 Å². The normalized spacial score (nSPS) is 19.4. The van der Waals surface area contributed by atoms with Gasteiger partial charge < -0.3 is 4.90 Å². The van der Waals surface area contributed by atoms with Crippen molar-refractivity contribution in [2.24, 2.45) is 0 Å². The summed E-state index contributed by atoms with van der Waals surface area (Å²) in [5.41, 5.74) is 1.50. The Hall–Kier alpha value is -2.17. The molecule has 0 bridgehead atoms. The van der Waals surface area contributed by atoms with Crippen molar-refractivity contribution in [3.63, 3.8) is 0 Å². The van der Waals surface area contributed by atoms with Gasteiger partial charge in [-0.15, -0.1) is 0 Å². The minimum Gasteiger partial charge on any atom is -0.366 e. The first-order chi connectivity index (χ1) is 10.6. The van der Waals surface area contributed by atoms with Crippen LogP contribution in [0.3, 0.4) is 0 Å². The van der Waals surface area contributed by atoms with Crippen LogP contribution in [0.2, 0.25) is 0 Å². The lowest BCUT2D eigenvalue weighted by Crippen LogP contribution is -2.37. The zero-order chi connectivity index (χ0) is 15.7. The van der Waals surface area contributed by atoms with Crippen molar-refractivity contribution in [1.29, 1.82) is 0 Å². The fourth-order valence-electron chi connectivity index (χ4n) is 3.14. The molecule has 0 radical (unpaired) electrons. The highest BCUT2D eigenvalue weighted by Gasteiger charge is 2.40. The molecular weight excluding hydrogens is 283 g/mol. The van der Waals surface area contributed by atoms with Gasteiger partial charge in [0, 0.05) is 19.6 Å². The number of likely N-dealkylation sites (tertiary alicyclic amines) is 1. The lowest BCUT2D eigenvalue weighted by Gasteiger charge is -2.29. The standard InChI is InChI=1S/C17H19FN2O2/c1-2-20-16(21)14(12-6-8-13(18)9-7-12)15(17(20)22)19-10-4-3-5-11-19/h6-9H,2-5,10-11H2,1H3. The molecule has 0 aromatic heterocycles. The van der Waals surface area contributed by atoms with Crippen molar-refractivity contribution in [2.75, 3.05) is 19.6 Å². The second-order valence-electron chi connectivity index (χ2n) is 5.63. The molecule has 2 aliphatic heterocycles. The topological polar surface area (TPSA) is 40.6 Å². The largest absolute Gasteiger partial charge is 0.366 e. The van der Waals surface area contributed by atoms with Crippen LogP contribution in [0.1, 0.15) is 31.7 Å². The molecule has 5 heteroatoms. The number of halogens is 1. The zero-order valence-electron chi connectivity index (χ0n) is 12.6. The number of imide groups is 1. The lowest BCUT2D eigenvalue weighted by molar-refractivity contribution is -0.137. The summed E-state index contributed by atoms with van der Waals surface area (Å²) in [5, 5.41) is 0. The average Bonchev–Trinajstić information content (AvgIpc) is 2.79. The van der Waals surface area contributed by atoms with Gasteiger partial charge in [0.25, 0.3) is 11.8 Å². The highest BCUT2D eigenvalue weighted by atomic mass is 19.1. The second kappa shape index (κ2) is 5.91. The van der Waals surface area contributed by atoms with E-state index in [0.717, 1.165) is 32.4 Å². The van der Waals surface area contributed by atoms with Crippen LogP contribution in [0.4, 0.5) is 4.39 Å². The Balaban J connectivity index is 2.08. The van der Waals surface area contributed by atoms with Crippen LogP contribution in [-0.2, 0) is 9.59 Å². The molecule has 2 aliphatic rings. The van der Waals surface area contributed by atoms with E-state index in [-0.39, 0.29) is 17.6 Å². The van der Waals surface area contributed by atoms with Crippen LogP contribution in [-0.4, -0.2) is 41.2 Å². The molecule has 2 heterocycles. The van der Waals surface area contributed by atoms with E-state index >= 15 is 0 Å². The van der Waals surface area contributed by atoms with Crippen molar-refractivity contribution in [3.8, 4) is 0 Å². The van der Waals surface area contributed by atoms with Crippen molar-refractivity contribution >= 4 is 17.4 Å². The fraction of sp³-hybridized carbons (Fsp3) is 0.412. The Morgan fingerprint density at radius 1 is 1.00 bits per heavy atom. The van der Waals surface area contributed by atoms with Gasteiger partial charge in [-0.1, -0.05) is 12.1 Å². The number of carbonyl (C=O) groups excluding carboxylic acids is 2. The van der Waals surface area contributed by atoms with E-state index in [1.165, 1.54) is 17.0 Å². The number of hydrogen-bond acceptors (Lipinski definition) is 3. The predicted octanol–water partition coefficient (Wildman–Crippen LogP) is 2.41. The van der Waals surface area contributed by atoms with Crippen molar-refractivity contribution in [3.05, 3.63) is 41.3 Å². The van der Waals surface area contributed by atoms with E-state index in [1.807, 2.05) is 4.90 Å². The molecule has 22 heavy (non-hydrogen) atoms. The van der Waals surface area contributed by atoms with E-state index < -0.39 is 0 Å². The van der Waals surface area contributed by atoms with Crippen molar-refractivity contribution in [2.45, 2.75) is 26.2 Å². The van der Waals surface area contributed by atoms with Gasteiger partial charge in [0.1, 0.15) is 11.5 Å². The molecule has 0 aliphatic carbocycles. The van der Waals surface area contributed by atoms with Gasteiger partial charge in [0.15, 0.2) is 0 Å². The third kappa shape index (κ3) is 2.40. The van der Waals surface area contributed by atoms with Crippen LogP contribution in [0.15, 0.2) is 30.0 Å². The molecule has 2 amide bonds. The minimum absolute atomic E-state index is 0.228. The van der Waals surface area contributed by atoms with E-state index in [9.17, 15) is 14.0 Å². The molecule has 0 saturated carbocycles. The Kier molecular flexibility index (Phi) is 3.96. The molecule has 116 valence electrons. The summed E-state index contributed by atoms with van der Waals surface area (Å²) in [6.45, 7) is 3.71. The Morgan fingerprint density at radius 3 is 2.23 bits per heavy atom. The molecule has 0 spiro atoms. The molecule has 3 rings (SSSR count). The molecule has 1 aromatic rings. The number of carbonyl (C=O) groups is 2. The first-order valence-electron chi connectivity index (χ1n) is 7.75. The molecule has 0 atom stereocenters. The highest BCUT2D eigenvalue weighted by molar-refractivity contribution is 6.35. The summed E-state index contributed by atoms with van der Waals surface area (Å²) in [6, 6.07) is 5.78. The van der Waals surface area contributed by atoms with Crippen LogP contribution in [0.25, 0.3) is 5.57 Å². The fourth-order valence-corrected chi connectivity index (χ4v) is 3.14. The quantitative estimate of drug-likeness (QED) is 0.805. The van der Waals surface area contributed by atoms with E-state index in [0.29, 0.717) is 23.4 Å². The summed E-state index contributed by atoms with van der Waals surface area (Å²) >= 11 is 0. The SMILES string of the molecule is CCN1C(=O)C(c2ccc(F)cc2)=C(N2CCCCC2)C1=O. The summed E-state index contributed by atoms with van der Waals surface area (Å²) in [4.78, 5) is 28.5. The number of benzene rings is 1. The third-order valence-corrected chi connectivity index (χ3v) is 4.26. The maximum absolute atomic E-state index is 13.2. The number of piperidine rings is 1. The molecule has 0 unspecified atom stereocenters. The molecular formula is C17H19FN2O2. The number of rotatable bonds is 3. The van der Waals surface area contributed by atoms with Gasteiger partial charge in [-0.25, -0.2) is 4.39 Å². The number of likely N-dealkylation sites (N-methyl/N-ethyl adjacent to an activating group) is 1. The van der Waals surface area contributed by atoms with Gasteiger partial charge in [-0.05, 0) is 43.9 Å². The summed E-state index contributed by atoms with van der Waals surface area (Å²) < 4.78 is 13.2. The molecule has 0 N–H and O–H groups in total. The Labute approximate surface area is 129 Å². The second-order valence-corrected chi connectivity index (χ2v) is 5.63. The van der Waals surface area contributed by atoms with Gasteiger partial charge in [0.2, 0.25) is 0 Å². The van der Waals surface area contributed by atoms with Gasteiger partial charge in [-0.2, -0.15) is 0 Å². The number of nitrogens with zero attached hydrogens (tertiary/aromatic N) is 2. The van der Waals surface area contributed by atoms with E-state index in [2.05, 4.69) is 0 Å². The Morgan fingerprint density at radius 2 is 1.64 bits per heavy atom. The molecule has 1 aromatic carbocycles. The monoisotopic (exact) mass is 302 g/mol. The molecule has 1 saturated heterocycles. The maximum Gasteiger partial charge on any atom is 0.277 e. The molecule has 1 fully saturated rings. The zero-order valence-corrected chi connectivity index (χ0v) is 12.6. The van der Waals surface area contributed by atoms with Crippen LogP contribution >= 0.6 is 0 Å². The smallest absolute Gasteiger partial charge is 0.277 e. The number of hydrogen-bond donors (Lipinski definition) is 0. The third-order valence-electron chi connectivity index (χ3n) is 4.26. The van der Waals surface area contributed by atoms with Crippen molar-refractivity contribution in [1.82, 2.24) is 9.80 Å². The maximum atomic E-state index is 13.2. The summed E-state index contributed by atoms with van der Waals surface area (Å²) in [5.74, 6) is -0.860. The summed E-state index contributed by atoms with van der Waals surface area (Å²) in [6.07, 6.45) is 3.19. The van der Waals surface area contributed by atoms with E-state index in [1.54, 1.807) is 19.1 Å². The van der Waals surface area contributed by atoms with Crippen LogP contribution in [0, 0.1) is 5.82 Å².